The lowest BCUT2D eigenvalue weighted by atomic mass is 10.2. The Labute approximate surface area is 99.4 Å². The minimum absolute atomic E-state index is 0.00750. The van der Waals surface area contributed by atoms with Crippen molar-refractivity contribution in [1.29, 1.82) is 0 Å². The number of carboxylic acid groups (broad SMARTS) is 1. The van der Waals surface area contributed by atoms with E-state index in [4.69, 9.17) is 9.47 Å². The van der Waals surface area contributed by atoms with E-state index in [9.17, 15) is 9.90 Å². The van der Waals surface area contributed by atoms with Gasteiger partial charge in [0, 0.05) is 6.20 Å². The number of pyridine rings is 1. The highest BCUT2D eigenvalue weighted by molar-refractivity contribution is 5.93. The molecule has 1 aromatic rings. The zero-order valence-corrected chi connectivity index (χ0v) is 9.84. The van der Waals surface area contributed by atoms with Crippen molar-refractivity contribution in [1.82, 2.24) is 4.98 Å². The summed E-state index contributed by atoms with van der Waals surface area (Å²) in [5, 5.41) is 9.19. The van der Waals surface area contributed by atoms with Crippen LogP contribution in [0.15, 0.2) is 12.3 Å². The molecule has 0 spiro atoms. The predicted molar refractivity (Wildman–Crippen MR) is 60.6 cm³/mol. The van der Waals surface area contributed by atoms with E-state index in [0.717, 1.165) is 12.8 Å². The van der Waals surface area contributed by atoms with E-state index in [0.29, 0.717) is 5.75 Å². The van der Waals surface area contributed by atoms with E-state index in [-0.39, 0.29) is 23.7 Å². The molecule has 0 aromatic carbocycles. The molecule has 17 heavy (non-hydrogen) atoms. The molecule has 0 amide bonds. The van der Waals surface area contributed by atoms with Crippen LogP contribution in [0.3, 0.4) is 0 Å². The molecule has 1 saturated carbocycles. The van der Waals surface area contributed by atoms with Crippen LogP contribution in [0.1, 0.15) is 37.0 Å². The largest absolute Gasteiger partial charge is 0.489 e. The van der Waals surface area contributed by atoms with Gasteiger partial charge in [0.1, 0.15) is 5.75 Å². The van der Waals surface area contributed by atoms with Gasteiger partial charge in [0.25, 0.3) is 0 Å². The van der Waals surface area contributed by atoms with Gasteiger partial charge in [-0.25, -0.2) is 9.78 Å². The smallest absolute Gasteiger partial charge is 0.345 e. The van der Waals surface area contributed by atoms with Gasteiger partial charge < -0.3 is 14.6 Å². The number of nitrogens with zero attached hydrogens (tertiary/aromatic N) is 1. The third kappa shape index (κ3) is 2.87. The van der Waals surface area contributed by atoms with Crippen molar-refractivity contribution < 1.29 is 19.4 Å². The van der Waals surface area contributed by atoms with Crippen LogP contribution in [0.5, 0.6) is 11.6 Å². The Balaban J connectivity index is 2.32. The molecule has 0 radical (unpaired) electrons. The first-order valence-electron chi connectivity index (χ1n) is 5.63. The summed E-state index contributed by atoms with van der Waals surface area (Å²) in [5.74, 6) is -0.624. The average molecular weight is 237 g/mol. The van der Waals surface area contributed by atoms with Gasteiger partial charge in [-0.15, -0.1) is 0 Å². The van der Waals surface area contributed by atoms with Crippen molar-refractivity contribution in [2.45, 2.75) is 38.9 Å². The van der Waals surface area contributed by atoms with E-state index in [1.54, 1.807) is 6.07 Å². The highest BCUT2D eigenvalue weighted by Crippen LogP contribution is 2.32. The summed E-state index contributed by atoms with van der Waals surface area (Å²) in [6, 6.07) is 1.56. The van der Waals surface area contributed by atoms with Crippen LogP contribution < -0.4 is 9.47 Å². The van der Waals surface area contributed by atoms with Crippen molar-refractivity contribution in [3.63, 3.8) is 0 Å². The van der Waals surface area contributed by atoms with Gasteiger partial charge >= 0.3 is 5.97 Å². The molecule has 1 aliphatic carbocycles. The first kappa shape index (κ1) is 11.7. The fourth-order valence-corrected chi connectivity index (χ4v) is 1.40. The summed E-state index contributed by atoms with van der Waals surface area (Å²) in [4.78, 5) is 15.2. The van der Waals surface area contributed by atoms with Crippen LogP contribution in [0, 0.1) is 0 Å². The van der Waals surface area contributed by atoms with Crippen LogP contribution >= 0.6 is 0 Å². The number of aromatic nitrogens is 1. The molecule has 5 nitrogen and oxygen atoms in total. The third-order valence-electron chi connectivity index (χ3n) is 2.26. The molecule has 1 fully saturated rings. The lowest BCUT2D eigenvalue weighted by Crippen LogP contribution is -2.13. The van der Waals surface area contributed by atoms with Crippen LogP contribution in [0.25, 0.3) is 0 Å². The number of ether oxygens (including phenoxy) is 2. The Bertz CT molecular complexity index is 404. The molecule has 1 aliphatic rings. The maximum absolute atomic E-state index is 11.2. The minimum Gasteiger partial charge on any atom is -0.489 e. The van der Waals surface area contributed by atoms with Crippen molar-refractivity contribution in [2.24, 2.45) is 0 Å². The second-order valence-corrected chi connectivity index (χ2v) is 4.28. The fourth-order valence-electron chi connectivity index (χ4n) is 1.40. The Morgan fingerprint density at radius 3 is 2.76 bits per heavy atom. The zero-order chi connectivity index (χ0) is 12.4. The maximum atomic E-state index is 11.2. The van der Waals surface area contributed by atoms with Gasteiger partial charge in [-0.1, -0.05) is 0 Å². The lowest BCUT2D eigenvalue weighted by molar-refractivity contribution is 0.0683. The third-order valence-corrected chi connectivity index (χ3v) is 2.26. The molecule has 1 heterocycles. The Hall–Kier alpha value is -1.78. The topological polar surface area (TPSA) is 68.7 Å². The standard InChI is InChI=1S/C12H15NO4/c1-7(2)16-11-10(12(14)15)9(5-6-13-11)17-8-3-4-8/h5-8H,3-4H2,1-2H3,(H,14,15). The van der Waals surface area contributed by atoms with Crippen LogP contribution in [-0.2, 0) is 0 Å². The molecule has 0 atom stereocenters. The van der Waals surface area contributed by atoms with E-state index in [1.807, 2.05) is 13.8 Å². The highest BCUT2D eigenvalue weighted by Gasteiger charge is 2.28. The molecular weight excluding hydrogens is 222 g/mol. The SMILES string of the molecule is CC(C)Oc1nccc(OC2CC2)c1C(=O)O. The number of rotatable bonds is 5. The number of hydrogen-bond donors (Lipinski definition) is 1. The van der Waals surface area contributed by atoms with Crippen LogP contribution in [-0.4, -0.2) is 28.3 Å². The summed E-state index contributed by atoms with van der Waals surface area (Å²) < 4.78 is 10.9. The van der Waals surface area contributed by atoms with E-state index < -0.39 is 5.97 Å². The summed E-state index contributed by atoms with van der Waals surface area (Å²) in [6.45, 7) is 3.64. The van der Waals surface area contributed by atoms with Gasteiger partial charge in [0.15, 0.2) is 5.56 Å². The van der Waals surface area contributed by atoms with Crippen LogP contribution in [0.2, 0.25) is 0 Å². The Morgan fingerprint density at radius 1 is 1.53 bits per heavy atom. The summed E-state index contributed by atoms with van der Waals surface area (Å²) in [6.07, 6.45) is 3.46. The maximum Gasteiger partial charge on any atom is 0.345 e. The Morgan fingerprint density at radius 2 is 2.24 bits per heavy atom. The molecular formula is C12H15NO4. The average Bonchev–Trinajstić information content (AvgIpc) is 3.00. The molecule has 0 bridgehead atoms. The molecule has 5 heteroatoms. The van der Waals surface area contributed by atoms with Crippen molar-refractivity contribution in [2.75, 3.05) is 0 Å². The van der Waals surface area contributed by atoms with Gasteiger partial charge in [0.2, 0.25) is 5.88 Å². The summed E-state index contributed by atoms with van der Waals surface area (Å²) >= 11 is 0. The summed E-state index contributed by atoms with van der Waals surface area (Å²) in [7, 11) is 0. The first-order chi connectivity index (χ1) is 8.08. The predicted octanol–water partition coefficient (Wildman–Crippen LogP) is 2.11. The number of aromatic carboxylic acids is 1. The lowest BCUT2D eigenvalue weighted by Gasteiger charge is -2.14. The van der Waals surface area contributed by atoms with E-state index >= 15 is 0 Å². The number of carbonyl (C=O) groups is 1. The molecule has 1 aromatic heterocycles. The Kier molecular flexibility index (Phi) is 3.17. The zero-order valence-electron chi connectivity index (χ0n) is 9.84. The van der Waals surface area contributed by atoms with Gasteiger partial charge in [-0.2, -0.15) is 0 Å². The quantitative estimate of drug-likeness (QED) is 0.849. The monoisotopic (exact) mass is 237 g/mol. The molecule has 0 unspecified atom stereocenters. The number of carboxylic acids is 1. The highest BCUT2D eigenvalue weighted by atomic mass is 16.5. The molecule has 0 aliphatic heterocycles. The summed E-state index contributed by atoms with van der Waals surface area (Å²) in [5.41, 5.74) is 0.00750. The normalized spacial score (nSPS) is 14.8. The van der Waals surface area contributed by atoms with Crippen LogP contribution in [0.4, 0.5) is 0 Å². The van der Waals surface area contributed by atoms with Gasteiger partial charge in [0.05, 0.1) is 12.2 Å². The second-order valence-electron chi connectivity index (χ2n) is 4.28. The van der Waals surface area contributed by atoms with E-state index in [1.165, 1.54) is 6.20 Å². The molecule has 0 saturated heterocycles. The minimum atomic E-state index is -1.08. The first-order valence-corrected chi connectivity index (χ1v) is 5.63. The second kappa shape index (κ2) is 4.61. The van der Waals surface area contributed by atoms with E-state index in [2.05, 4.69) is 4.98 Å². The van der Waals surface area contributed by atoms with Crippen molar-refractivity contribution in [3.8, 4) is 11.6 Å². The fraction of sp³-hybridized carbons (Fsp3) is 0.500. The van der Waals surface area contributed by atoms with Crippen molar-refractivity contribution >= 4 is 5.97 Å². The molecule has 92 valence electrons. The molecule has 2 rings (SSSR count). The van der Waals surface area contributed by atoms with Gasteiger partial charge in [-0.3, -0.25) is 0 Å². The number of hydrogen-bond acceptors (Lipinski definition) is 4. The van der Waals surface area contributed by atoms with Gasteiger partial charge in [-0.05, 0) is 32.8 Å². The molecule has 1 N–H and O–H groups in total. The van der Waals surface area contributed by atoms with Crippen molar-refractivity contribution in [3.05, 3.63) is 17.8 Å².